The van der Waals surface area contributed by atoms with Crippen LogP contribution >= 0.6 is 0 Å². The zero-order chi connectivity index (χ0) is 69.5. The van der Waals surface area contributed by atoms with Crippen LogP contribution in [0.15, 0.2) is 48.5 Å². The number of carboxylic acid groups (broad SMARTS) is 3. The van der Waals surface area contributed by atoms with Gasteiger partial charge in [0, 0.05) is 19.3 Å². The van der Waals surface area contributed by atoms with Crippen LogP contribution in [0.2, 0.25) is 0 Å². The standard InChI is InChI=1S/C59H89N13O20/c1-7-31(6)49(58(90)65-38(19-21-45(78)79)53(85)69-42(28-73)55(87)72-47(29(2)3)56(88)64-37(10-8-9-23-60)52(84)66-39(59(91)92)20-22-46(80)81)70-44(77)27-63-51(83)40(25-33-13-17-35(75)18-14-33)68-57(89)48(30(4)5)71-54(86)41(26-43(62)76)67-50(82)36(61)24-32-11-15-34(74)16-12-32/h11-18,29-31,36-42,47-49,73-75H,7-10,19-28,60-61H2,1-6H3,(H2,62,76)(H,63,83)(H,64,88)(H,65,90)(H,66,84)(H,67,82)(H,68,89)(H,69,85)(H,70,77)(H,71,86)(H,72,87)(H,78,79)(H,80,81)(H,91,92). The summed E-state index contributed by atoms with van der Waals surface area (Å²) >= 11 is 0. The van der Waals surface area contributed by atoms with Crippen LogP contribution in [-0.2, 0) is 80.0 Å². The van der Waals surface area contributed by atoms with Crippen LogP contribution in [0.3, 0.4) is 0 Å². The SMILES string of the molecule is CCC(C)C(NC(=O)CNC(=O)C(Cc1ccc(O)cc1)NC(=O)C(NC(=O)C(CC(N)=O)NC(=O)C(N)Cc1ccc(O)cc1)C(C)C)C(=O)NC(CCC(=O)O)C(=O)NC(CO)C(=O)NC(C(=O)NC(CCCCN)C(=O)NC(CCC(=O)O)C(=O)O)C(C)C. The molecule has 2 aromatic rings. The number of primary amides is 1. The number of benzene rings is 2. The van der Waals surface area contributed by atoms with Gasteiger partial charge in [-0.2, -0.15) is 0 Å². The van der Waals surface area contributed by atoms with E-state index >= 15 is 0 Å². The van der Waals surface area contributed by atoms with E-state index in [9.17, 15) is 92.7 Å². The fourth-order valence-electron chi connectivity index (χ4n) is 8.89. The Morgan fingerprint density at radius 1 is 0.467 bits per heavy atom. The lowest BCUT2D eigenvalue weighted by Crippen LogP contribution is -2.61. The van der Waals surface area contributed by atoms with Gasteiger partial charge in [-0.05, 0) is 98.2 Å². The highest BCUT2D eigenvalue weighted by Gasteiger charge is 2.37. The Hall–Kier alpha value is -9.50. The zero-order valence-electron chi connectivity index (χ0n) is 52.2. The monoisotopic (exact) mass is 1300 g/mol. The molecule has 0 aromatic heterocycles. The van der Waals surface area contributed by atoms with Gasteiger partial charge in [-0.3, -0.25) is 62.3 Å². The van der Waals surface area contributed by atoms with E-state index in [1.165, 1.54) is 62.4 Å². The zero-order valence-corrected chi connectivity index (χ0v) is 52.2. The molecule has 0 radical (unpaired) electrons. The van der Waals surface area contributed by atoms with Crippen LogP contribution in [0.4, 0.5) is 0 Å². The predicted octanol–water partition coefficient (Wildman–Crippen LogP) is -4.14. The van der Waals surface area contributed by atoms with Gasteiger partial charge in [-0.25, -0.2) is 4.79 Å². The second kappa shape index (κ2) is 39.6. The number of hydrogen-bond acceptors (Lipinski definition) is 19. The van der Waals surface area contributed by atoms with Crippen molar-refractivity contribution < 1.29 is 97.8 Å². The molecule has 11 amide bonds. The number of aromatic hydroxyl groups is 2. The summed E-state index contributed by atoms with van der Waals surface area (Å²) < 4.78 is 0. The van der Waals surface area contributed by atoms with Crippen LogP contribution < -0.4 is 70.4 Å². The number of nitrogens with one attached hydrogen (secondary N) is 10. The fraction of sp³-hybridized carbons (Fsp3) is 0.559. The molecule has 0 aliphatic carbocycles. The largest absolute Gasteiger partial charge is 0.508 e. The van der Waals surface area contributed by atoms with Gasteiger partial charge < -0.3 is 101 Å². The first-order chi connectivity index (χ1) is 43.2. The summed E-state index contributed by atoms with van der Waals surface area (Å²) in [7, 11) is 0. The number of carboxylic acids is 3. The first-order valence-corrected chi connectivity index (χ1v) is 29.8. The molecule has 0 fully saturated rings. The molecular weight excluding hydrogens is 1210 g/mol. The molecule has 33 heteroatoms. The van der Waals surface area contributed by atoms with E-state index in [0.29, 0.717) is 17.5 Å². The van der Waals surface area contributed by atoms with E-state index in [1.54, 1.807) is 27.7 Å². The van der Waals surface area contributed by atoms with Crippen molar-refractivity contribution in [1.29, 1.82) is 0 Å². The fourth-order valence-corrected chi connectivity index (χ4v) is 8.89. The number of rotatable bonds is 42. The van der Waals surface area contributed by atoms with Crippen molar-refractivity contribution in [1.82, 2.24) is 53.2 Å². The van der Waals surface area contributed by atoms with Crippen molar-refractivity contribution in [2.24, 2.45) is 35.0 Å². The number of aliphatic hydroxyl groups is 1. The highest BCUT2D eigenvalue weighted by atomic mass is 16.4. The van der Waals surface area contributed by atoms with Crippen LogP contribution in [0.1, 0.15) is 110 Å². The molecule has 0 saturated heterocycles. The third-order valence-corrected chi connectivity index (χ3v) is 14.4. The van der Waals surface area contributed by atoms with Crippen LogP contribution in [0.25, 0.3) is 0 Å². The van der Waals surface area contributed by atoms with Crippen LogP contribution in [0, 0.1) is 17.8 Å². The lowest BCUT2D eigenvalue weighted by molar-refractivity contribution is -0.143. The molecule has 33 nitrogen and oxygen atoms in total. The molecule has 0 heterocycles. The second-order valence-electron chi connectivity index (χ2n) is 22.7. The van der Waals surface area contributed by atoms with E-state index < -0.39 is 206 Å². The molecule has 11 atom stereocenters. The molecule has 510 valence electrons. The molecule has 2 rings (SSSR count). The Balaban J connectivity index is 2.33. The van der Waals surface area contributed by atoms with Gasteiger partial charge in [-0.1, -0.05) is 72.2 Å². The minimum absolute atomic E-state index is 0.0296. The smallest absolute Gasteiger partial charge is 0.326 e. The van der Waals surface area contributed by atoms with Gasteiger partial charge in [0.1, 0.15) is 65.9 Å². The Morgan fingerprint density at radius 2 is 0.880 bits per heavy atom. The number of phenols is 2. The van der Waals surface area contributed by atoms with Gasteiger partial charge >= 0.3 is 17.9 Å². The number of carbonyl (C=O) groups excluding carboxylic acids is 11. The van der Waals surface area contributed by atoms with E-state index in [4.69, 9.17) is 22.3 Å². The quantitative estimate of drug-likeness (QED) is 0.0281. The molecular formula is C59H89N13O20. The maximum atomic E-state index is 14.1. The van der Waals surface area contributed by atoms with Crippen molar-refractivity contribution in [2.45, 2.75) is 173 Å². The van der Waals surface area contributed by atoms with Crippen molar-refractivity contribution in [3.63, 3.8) is 0 Å². The molecule has 0 saturated carbocycles. The number of phenolic OH excluding ortho intramolecular Hbond substituents is 2. The number of unbranched alkanes of at least 4 members (excludes halogenated alkanes) is 1. The summed E-state index contributed by atoms with van der Waals surface area (Å²) in [6.07, 6.45) is -2.65. The van der Waals surface area contributed by atoms with Gasteiger partial charge in [0.15, 0.2) is 0 Å². The maximum absolute atomic E-state index is 14.1. The number of carbonyl (C=O) groups is 14. The van der Waals surface area contributed by atoms with Crippen molar-refractivity contribution in [3.05, 3.63) is 59.7 Å². The number of amides is 11. The molecule has 0 bridgehead atoms. The topological polar surface area (TPSA) is 559 Å². The molecule has 0 aliphatic rings. The van der Waals surface area contributed by atoms with E-state index in [1.807, 2.05) is 0 Å². The van der Waals surface area contributed by atoms with Gasteiger partial charge in [0.05, 0.1) is 25.6 Å². The molecule has 22 N–H and O–H groups in total. The average molecular weight is 1300 g/mol. The van der Waals surface area contributed by atoms with Gasteiger partial charge in [-0.15, -0.1) is 0 Å². The molecule has 2 aromatic carbocycles. The minimum atomic E-state index is -1.87. The number of hydrogen-bond donors (Lipinski definition) is 19. The van der Waals surface area contributed by atoms with Crippen molar-refractivity contribution in [2.75, 3.05) is 19.7 Å². The number of nitrogens with two attached hydrogens (primary N) is 3. The first-order valence-electron chi connectivity index (χ1n) is 29.8. The lowest BCUT2D eigenvalue weighted by atomic mass is 9.97. The molecule has 11 unspecified atom stereocenters. The van der Waals surface area contributed by atoms with Crippen LogP contribution in [-0.4, -0.2) is 194 Å². The lowest BCUT2D eigenvalue weighted by Gasteiger charge is -2.29. The molecule has 0 aliphatic heterocycles. The van der Waals surface area contributed by atoms with Gasteiger partial charge in [0.2, 0.25) is 65.0 Å². The maximum Gasteiger partial charge on any atom is 0.326 e. The average Bonchev–Trinajstić information content (AvgIpc) is 0.986. The predicted molar refractivity (Wildman–Crippen MR) is 326 cm³/mol. The summed E-state index contributed by atoms with van der Waals surface area (Å²) in [5.74, 6) is -17.8. The van der Waals surface area contributed by atoms with E-state index in [2.05, 4.69) is 53.2 Å². The first kappa shape index (κ1) is 78.6. The van der Waals surface area contributed by atoms with E-state index in [-0.39, 0.29) is 50.1 Å². The Morgan fingerprint density at radius 3 is 1.33 bits per heavy atom. The number of aliphatic hydroxyl groups excluding tert-OH is 1. The summed E-state index contributed by atoms with van der Waals surface area (Å²) in [5, 5.41) is 82.1. The summed E-state index contributed by atoms with van der Waals surface area (Å²) in [6, 6.07) is -4.18. The third-order valence-electron chi connectivity index (χ3n) is 14.4. The molecule has 0 spiro atoms. The Kier molecular flexibility index (Phi) is 33.8. The number of aliphatic carboxylic acids is 3. The van der Waals surface area contributed by atoms with Crippen LogP contribution in [0.5, 0.6) is 11.5 Å². The second-order valence-corrected chi connectivity index (χ2v) is 22.7. The summed E-state index contributed by atoms with van der Waals surface area (Å²) in [5.41, 5.74) is 18.1. The van der Waals surface area contributed by atoms with Crippen molar-refractivity contribution in [3.8, 4) is 11.5 Å². The third kappa shape index (κ3) is 28.1. The Labute approximate surface area is 530 Å². The summed E-state index contributed by atoms with van der Waals surface area (Å²) in [4.78, 5) is 184. The minimum Gasteiger partial charge on any atom is -0.508 e. The highest BCUT2D eigenvalue weighted by Crippen LogP contribution is 2.16. The van der Waals surface area contributed by atoms with Crippen molar-refractivity contribution >= 4 is 82.9 Å². The normalized spacial score (nSPS) is 14.7. The molecule has 92 heavy (non-hydrogen) atoms. The highest BCUT2D eigenvalue weighted by molar-refractivity contribution is 5.99. The Bertz CT molecular complexity index is 2880. The van der Waals surface area contributed by atoms with Gasteiger partial charge in [0.25, 0.3) is 0 Å². The summed E-state index contributed by atoms with van der Waals surface area (Å²) in [6.45, 7) is 7.49. The van der Waals surface area contributed by atoms with E-state index in [0.717, 1.165) is 0 Å².